The number of rotatable bonds is 8. The van der Waals surface area contributed by atoms with Gasteiger partial charge in [-0.15, -0.1) is 24.0 Å². The highest BCUT2D eigenvalue weighted by atomic mass is 127. The lowest BCUT2D eigenvalue weighted by atomic mass is 10.1. The molecule has 1 rings (SSSR count). The van der Waals surface area contributed by atoms with Crippen LogP contribution in [0.15, 0.2) is 29.3 Å². The first-order valence-electron chi connectivity index (χ1n) is 7.71. The minimum absolute atomic E-state index is 0. The third-order valence-electron chi connectivity index (χ3n) is 3.36. The number of hydrogen-bond acceptors (Lipinski definition) is 3. The second-order valence-electron chi connectivity index (χ2n) is 5.69. The number of ether oxygens (including phenoxy) is 2. The third kappa shape index (κ3) is 9.00. The van der Waals surface area contributed by atoms with Crippen molar-refractivity contribution in [1.29, 1.82) is 0 Å². The van der Waals surface area contributed by atoms with Crippen molar-refractivity contribution in [2.24, 2.45) is 4.99 Å². The monoisotopic (exact) mass is 435 g/mol. The minimum Gasteiger partial charge on any atom is -0.497 e. The lowest BCUT2D eigenvalue weighted by Crippen LogP contribution is -2.40. The van der Waals surface area contributed by atoms with Crippen molar-refractivity contribution in [3.8, 4) is 5.75 Å². The van der Waals surface area contributed by atoms with E-state index in [0.29, 0.717) is 6.54 Å². The summed E-state index contributed by atoms with van der Waals surface area (Å²) >= 11 is 0. The van der Waals surface area contributed by atoms with Crippen molar-refractivity contribution in [3.63, 3.8) is 0 Å². The molecule has 0 saturated heterocycles. The molecule has 0 amide bonds. The Labute approximate surface area is 157 Å². The number of benzene rings is 1. The minimum atomic E-state index is -0.255. The number of guanidine groups is 1. The normalized spacial score (nSPS) is 11.6. The van der Waals surface area contributed by atoms with Crippen molar-refractivity contribution in [2.45, 2.75) is 32.8 Å². The summed E-state index contributed by atoms with van der Waals surface area (Å²) in [6, 6.07) is 8.12. The number of aliphatic imine (C=N–C) groups is 1. The molecule has 1 aromatic rings. The number of methoxy groups -OCH3 is 2. The van der Waals surface area contributed by atoms with Crippen molar-refractivity contribution < 1.29 is 9.47 Å². The molecule has 0 aliphatic rings. The molecule has 0 aromatic heterocycles. The quantitative estimate of drug-likeness (QED) is 0.375. The fraction of sp³-hybridized carbons (Fsp3) is 0.588. The van der Waals surface area contributed by atoms with Gasteiger partial charge in [0.1, 0.15) is 5.75 Å². The van der Waals surface area contributed by atoms with Gasteiger partial charge in [0.25, 0.3) is 0 Å². The van der Waals surface area contributed by atoms with Crippen molar-refractivity contribution in [1.82, 2.24) is 10.6 Å². The van der Waals surface area contributed by atoms with Crippen LogP contribution in [0.1, 0.15) is 26.3 Å². The van der Waals surface area contributed by atoms with Gasteiger partial charge >= 0.3 is 0 Å². The second kappa shape index (κ2) is 11.5. The van der Waals surface area contributed by atoms with E-state index < -0.39 is 0 Å². The molecular weight excluding hydrogens is 405 g/mol. The molecule has 2 N–H and O–H groups in total. The topological polar surface area (TPSA) is 54.9 Å². The average molecular weight is 435 g/mol. The van der Waals surface area contributed by atoms with Gasteiger partial charge < -0.3 is 20.1 Å². The van der Waals surface area contributed by atoms with Crippen LogP contribution in [0.2, 0.25) is 0 Å². The summed E-state index contributed by atoms with van der Waals surface area (Å²) in [5.74, 6) is 1.70. The van der Waals surface area contributed by atoms with Crippen molar-refractivity contribution >= 4 is 29.9 Å². The first-order chi connectivity index (χ1) is 10.5. The van der Waals surface area contributed by atoms with E-state index in [1.54, 1.807) is 14.2 Å². The fourth-order valence-corrected chi connectivity index (χ4v) is 1.83. The Bertz CT molecular complexity index is 479. The molecule has 6 heteroatoms. The molecule has 0 heterocycles. The molecule has 0 fully saturated rings. The molecule has 0 aliphatic carbocycles. The lowest BCUT2D eigenvalue weighted by Gasteiger charge is -2.21. The van der Waals surface area contributed by atoms with Gasteiger partial charge in [-0.3, -0.25) is 4.99 Å². The molecule has 0 saturated carbocycles. The van der Waals surface area contributed by atoms with Gasteiger partial charge in [0.15, 0.2) is 5.96 Å². The van der Waals surface area contributed by atoms with Gasteiger partial charge in [-0.2, -0.15) is 0 Å². The van der Waals surface area contributed by atoms with Crippen molar-refractivity contribution in [2.75, 3.05) is 33.9 Å². The summed E-state index contributed by atoms with van der Waals surface area (Å²) < 4.78 is 10.6. The van der Waals surface area contributed by atoms with E-state index in [1.807, 2.05) is 26.0 Å². The average Bonchev–Trinajstić information content (AvgIpc) is 2.53. The van der Waals surface area contributed by atoms with E-state index in [0.717, 1.165) is 31.2 Å². The molecule has 0 bridgehead atoms. The lowest BCUT2D eigenvalue weighted by molar-refractivity contribution is 0.0310. The second-order valence-corrected chi connectivity index (χ2v) is 5.69. The van der Waals surface area contributed by atoms with Gasteiger partial charge in [-0.1, -0.05) is 12.1 Å². The molecule has 1 aromatic carbocycles. The molecule has 23 heavy (non-hydrogen) atoms. The number of nitrogens with zero attached hydrogens (tertiary/aromatic N) is 1. The Hall–Kier alpha value is -1.02. The van der Waals surface area contributed by atoms with Gasteiger partial charge in [0.2, 0.25) is 0 Å². The maximum atomic E-state index is 5.39. The van der Waals surface area contributed by atoms with Crippen LogP contribution in [0.5, 0.6) is 5.75 Å². The predicted molar refractivity (Wildman–Crippen MR) is 107 cm³/mol. The van der Waals surface area contributed by atoms with Crippen LogP contribution in [0.4, 0.5) is 0 Å². The standard InChI is InChI=1S/C17H29N3O2.HI/c1-6-18-16(20-13-17(2,3)22-5)19-11-10-14-8-7-9-15(12-14)21-4;/h7-9,12H,6,10-11,13H2,1-5H3,(H2,18,19,20);1H. The van der Waals surface area contributed by atoms with Gasteiger partial charge in [-0.25, -0.2) is 0 Å². The van der Waals surface area contributed by atoms with Gasteiger partial charge in [-0.05, 0) is 44.9 Å². The SMILES string of the molecule is CCNC(=NCC(C)(C)OC)NCCc1cccc(OC)c1.I. The summed E-state index contributed by atoms with van der Waals surface area (Å²) in [5, 5.41) is 6.59. The third-order valence-corrected chi connectivity index (χ3v) is 3.36. The van der Waals surface area contributed by atoms with Crippen LogP contribution in [0, 0.1) is 0 Å². The van der Waals surface area contributed by atoms with E-state index in [2.05, 4.69) is 34.7 Å². The van der Waals surface area contributed by atoms with Crippen LogP contribution in [0.3, 0.4) is 0 Å². The first-order valence-corrected chi connectivity index (χ1v) is 7.71. The molecule has 132 valence electrons. The van der Waals surface area contributed by atoms with Crippen molar-refractivity contribution in [3.05, 3.63) is 29.8 Å². The van der Waals surface area contributed by atoms with E-state index in [1.165, 1.54) is 5.56 Å². The number of hydrogen-bond donors (Lipinski definition) is 2. The van der Waals surface area contributed by atoms with E-state index in [4.69, 9.17) is 9.47 Å². The smallest absolute Gasteiger partial charge is 0.191 e. The van der Waals surface area contributed by atoms with Crippen LogP contribution in [0.25, 0.3) is 0 Å². The number of halogens is 1. The molecule has 0 radical (unpaired) electrons. The van der Waals surface area contributed by atoms with Gasteiger partial charge in [0, 0.05) is 20.2 Å². The summed E-state index contributed by atoms with van der Waals surface area (Å²) in [7, 11) is 3.39. The summed E-state index contributed by atoms with van der Waals surface area (Å²) in [5.41, 5.74) is 0.981. The van der Waals surface area contributed by atoms with Crippen LogP contribution in [-0.2, 0) is 11.2 Å². The molecule has 5 nitrogen and oxygen atoms in total. The maximum Gasteiger partial charge on any atom is 0.191 e. The van der Waals surface area contributed by atoms with Crippen LogP contribution >= 0.6 is 24.0 Å². The Morgan fingerprint density at radius 3 is 2.57 bits per heavy atom. The molecule has 0 unspecified atom stereocenters. The predicted octanol–water partition coefficient (Wildman–Crippen LogP) is 2.84. The Morgan fingerprint density at radius 2 is 1.96 bits per heavy atom. The zero-order valence-corrected chi connectivity index (χ0v) is 17.1. The highest BCUT2D eigenvalue weighted by Crippen LogP contribution is 2.12. The number of nitrogens with one attached hydrogen (secondary N) is 2. The van der Waals surface area contributed by atoms with Crippen LogP contribution in [-0.4, -0.2) is 45.4 Å². The Kier molecular flexibility index (Phi) is 11.0. The Morgan fingerprint density at radius 1 is 1.22 bits per heavy atom. The zero-order chi connectivity index (χ0) is 16.4. The van der Waals surface area contributed by atoms with Crippen LogP contribution < -0.4 is 15.4 Å². The molecular formula is C17H30IN3O2. The summed E-state index contributed by atoms with van der Waals surface area (Å²) in [6.07, 6.45) is 0.912. The largest absolute Gasteiger partial charge is 0.497 e. The Balaban J connectivity index is 0.00000484. The highest BCUT2D eigenvalue weighted by molar-refractivity contribution is 14.0. The molecule has 0 aliphatic heterocycles. The zero-order valence-electron chi connectivity index (χ0n) is 14.8. The molecule has 0 spiro atoms. The van der Waals surface area contributed by atoms with E-state index in [-0.39, 0.29) is 29.6 Å². The van der Waals surface area contributed by atoms with E-state index >= 15 is 0 Å². The first kappa shape index (κ1) is 22.0. The van der Waals surface area contributed by atoms with E-state index in [9.17, 15) is 0 Å². The highest BCUT2D eigenvalue weighted by Gasteiger charge is 2.15. The fourth-order valence-electron chi connectivity index (χ4n) is 1.83. The molecule has 0 atom stereocenters. The van der Waals surface area contributed by atoms with Gasteiger partial charge in [0.05, 0.1) is 19.3 Å². The maximum absolute atomic E-state index is 5.39. The summed E-state index contributed by atoms with van der Waals surface area (Å²) in [6.45, 7) is 8.36. The summed E-state index contributed by atoms with van der Waals surface area (Å²) in [4.78, 5) is 4.57.